The number of hydrogen-bond donors (Lipinski definition) is 0. The van der Waals surface area contributed by atoms with Gasteiger partial charge in [-0.3, -0.25) is 4.79 Å². The summed E-state index contributed by atoms with van der Waals surface area (Å²) in [6.07, 6.45) is 1.65. The number of hydrogen-bond acceptors (Lipinski definition) is 4. The second-order valence-electron chi connectivity index (χ2n) is 6.88. The van der Waals surface area contributed by atoms with E-state index in [1.54, 1.807) is 19.2 Å². The van der Waals surface area contributed by atoms with Gasteiger partial charge in [-0.25, -0.2) is 4.98 Å². The van der Waals surface area contributed by atoms with Crippen LogP contribution in [0.1, 0.15) is 17.0 Å². The lowest BCUT2D eigenvalue weighted by molar-refractivity contribution is 0.302. The molecule has 0 spiro atoms. The fourth-order valence-corrected chi connectivity index (χ4v) is 5.76. The standard InChI is InChI=1S/C23H15BrClI2N3O2/c1-13-29-21-7-6-16(24)10-17(21)23(31)30(13)28-11-14-8-19(26)22(20(27)9-14)32-12-15-4-2-3-5-18(15)25/h2-11H,12H2,1H3. The van der Waals surface area contributed by atoms with Gasteiger partial charge in [0.25, 0.3) is 5.56 Å². The second kappa shape index (κ2) is 10.2. The number of halogens is 4. The fraction of sp³-hybridized carbons (Fsp3) is 0.0870. The summed E-state index contributed by atoms with van der Waals surface area (Å²) in [7, 11) is 0. The molecular weight excluding hydrogens is 719 g/mol. The van der Waals surface area contributed by atoms with E-state index in [2.05, 4.69) is 71.2 Å². The maximum atomic E-state index is 12.9. The van der Waals surface area contributed by atoms with Crippen LogP contribution >= 0.6 is 72.7 Å². The van der Waals surface area contributed by atoms with Crippen molar-refractivity contribution in [2.75, 3.05) is 0 Å². The molecule has 0 bridgehead atoms. The lowest BCUT2D eigenvalue weighted by Gasteiger charge is -2.12. The Kier molecular flexibility index (Phi) is 7.53. The van der Waals surface area contributed by atoms with E-state index in [4.69, 9.17) is 16.3 Å². The molecule has 4 rings (SSSR count). The molecule has 0 atom stereocenters. The van der Waals surface area contributed by atoms with E-state index in [0.29, 0.717) is 28.4 Å². The molecule has 0 radical (unpaired) electrons. The van der Waals surface area contributed by atoms with Crippen molar-refractivity contribution in [3.63, 3.8) is 0 Å². The third kappa shape index (κ3) is 5.18. The first-order chi connectivity index (χ1) is 15.3. The highest BCUT2D eigenvalue weighted by molar-refractivity contribution is 14.1. The number of rotatable bonds is 5. The van der Waals surface area contributed by atoms with Gasteiger partial charge in [-0.05, 0) is 94.1 Å². The Balaban J connectivity index is 1.62. The minimum atomic E-state index is -0.214. The first-order valence-electron chi connectivity index (χ1n) is 9.42. The first-order valence-corrected chi connectivity index (χ1v) is 12.7. The number of aromatic nitrogens is 2. The zero-order chi connectivity index (χ0) is 22.8. The van der Waals surface area contributed by atoms with Crippen LogP contribution in [0.4, 0.5) is 0 Å². The molecule has 5 nitrogen and oxygen atoms in total. The molecule has 0 amide bonds. The Morgan fingerprint density at radius 2 is 1.88 bits per heavy atom. The van der Waals surface area contributed by atoms with Gasteiger partial charge >= 0.3 is 0 Å². The molecule has 0 fully saturated rings. The Morgan fingerprint density at radius 1 is 1.16 bits per heavy atom. The van der Waals surface area contributed by atoms with Crippen molar-refractivity contribution in [1.82, 2.24) is 9.66 Å². The maximum Gasteiger partial charge on any atom is 0.282 e. The van der Waals surface area contributed by atoms with Gasteiger partial charge in [0.2, 0.25) is 0 Å². The van der Waals surface area contributed by atoms with Gasteiger partial charge in [-0.2, -0.15) is 9.78 Å². The highest BCUT2D eigenvalue weighted by atomic mass is 127. The third-order valence-electron chi connectivity index (χ3n) is 4.64. The molecule has 0 aliphatic carbocycles. The van der Waals surface area contributed by atoms with E-state index in [0.717, 1.165) is 28.5 Å². The van der Waals surface area contributed by atoms with Crippen molar-refractivity contribution in [1.29, 1.82) is 0 Å². The Labute approximate surface area is 225 Å². The smallest absolute Gasteiger partial charge is 0.282 e. The molecule has 1 heterocycles. The number of aryl methyl sites for hydroxylation is 1. The summed E-state index contributed by atoms with van der Waals surface area (Å²) in [5.41, 5.74) is 2.21. The Bertz CT molecular complexity index is 1400. The highest BCUT2D eigenvalue weighted by Gasteiger charge is 2.11. The first kappa shape index (κ1) is 23.7. The zero-order valence-electron chi connectivity index (χ0n) is 16.7. The molecule has 0 N–H and O–H groups in total. The number of nitrogens with zero attached hydrogens (tertiary/aromatic N) is 3. The topological polar surface area (TPSA) is 56.5 Å². The van der Waals surface area contributed by atoms with E-state index in [1.807, 2.05) is 48.5 Å². The molecule has 0 saturated heterocycles. The largest absolute Gasteiger partial charge is 0.487 e. The quantitative estimate of drug-likeness (QED) is 0.168. The lowest BCUT2D eigenvalue weighted by Crippen LogP contribution is -2.20. The average Bonchev–Trinajstić information content (AvgIpc) is 2.75. The number of benzene rings is 3. The molecule has 4 aromatic rings. The molecule has 3 aromatic carbocycles. The van der Waals surface area contributed by atoms with Crippen LogP contribution in [0.25, 0.3) is 10.9 Å². The monoisotopic (exact) mass is 733 g/mol. The van der Waals surface area contributed by atoms with Crippen molar-refractivity contribution in [2.24, 2.45) is 5.10 Å². The lowest BCUT2D eigenvalue weighted by atomic mass is 10.2. The molecule has 0 aliphatic heterocycles. The summed E-state index contributed by atoms with van der Waals surface area (Å²) in [5.74, 6) is 1.30. The van der Waals surface area contributed by atoms with Gasteiger partial charge in [-0.15, -0.1) is 0 Å². The van der Waals surface area contributed by atoms with E-state index < -0.39 is 0 Å². The van der Waals surface area contributed by atoms with E-state index in [-0.39, 0.29) is 5.56 Å². The Hall–Kier alpha value is -1.50. The summed E-state index contributed by atoms with van der Waals surface area (Å²) >= 11 is 14.1. The molecule has 162 valence electrons. The molecular formula is C23H15BrClI2N3O2. The van der Waals surface area contributed by atoms with Crippen molar-refractivity contribution >= 4 is 89.8 Å². The van der Waals surface area contributed by atoms with Gasteiger partial charge < -0.3 is 4.74 Å². The number of ether oxygens (including phenoxy) is 1. The van der Waals surface area contributed by atoms with E-state index in [9.17, 15) is 4.79 Å². The molecule has 1 aromatic heterocycles. The van der Waals surface area contributed by atoms with Gasteiger partial charge in [0.15, 0.2) is 0 Å². The predicted octanol–water partition coefficient (Wildman–Crippen LogP) is 6.79. The van der Waals surface area contributed by atoms with Crippen LogP contribution in [-0.4, -0.2) is 15.9 Å². The summed E-state index contributed by atoms with van der Waals surface area (Å²) in [5, 5.41) is 5.60. The van der Waals surface area contributed by atoms with Crippen LogP contribution in [0.3, 0.4) is 0 Å². The molecule has 9 heteroatoms. The minimum absolute atomic E-state index is 0.214. The van der Waals surface area contributed by atoms with Crippen LogP contribution in [0.2, 0.25) is 5.02 Å². The van der Waals surface area contributed by atoms with E-state index in [1.165, 1.54) is 4.68 Å². The van der Waals surface area contributed by atoms with Gasteiger partial charge in [0, 0.05) is 15.1 Å². The zero-order valence-corrected chi connectivity index (χ0v) is 23.3. The predicted molar refractivity (Wildman–Crippen MR) is 149 cm³/mol. The van der Waals surface area contributed by atoms with Crippen LogP contribution in [0.15, 0.2) is 69.0 Å². The fourth-order valence-electron chi connectivity index (χ4n) is 3.08. The molecule has 0 aliphatic rings. The van der Waals surface area contributed by atoms with Gasteiger partial charge in [0.1, 0.15) is 18.2 Å². The van der Waals surface area contributed by atoms with Crippen LogP contribution in [0, 0.1) is 14.1 Å². The molecule has 0 unspecified atom stereocenters. The minimum Gasteiger partial charge on any atom is -0.487 e. The number of fused-ring (bicyclic) bond motifs is 1. The Morgan fingerprint density at radius 3 is 2.59 bits per heavy atom. The summed E-state index contributed by atoms with van der Waals surface area (Å²) in [4.78, 5) is 17.4. The van der Waals surface area contributed by atoms with Crippen LogP contribution in [0.5, 0.6) is 5.75 Å². The molecule has 0 saturated carbocycles. The van der Waals surface area contributed by atoms with Crippen LogP contribution in [-0.2, 0) is 6.61 Å². The summed E-state index contributed by atoms with van der Waals surface area (Å²) in [6.45, 7) is 2.14. The average molecular weight is 735 g/mol. The van der Waals surface area contributed by atoms with Gasteiger partial charge in [-0.1, -0.05) is 45.7 Å². The normalized spacial score (nSPS) is 11.4. The second-order valence-corrected chi connectivity index (χ2v) is 10.5. The van der Waals surface area contributed by atoms with Gasteiger partial charge in [0.05, 0.1) is 24.3 Å². The van der Waals surface area contributed by atoms with Crippen molar-refractivity contribution in [3.8, 4) is 5.75 Å². The van der Waals surface area contributed by atoms with Crippen molar-refractivity contribution in [3.05, 3.63) is 98.5 Å². The SMILES string of the molecule is Cc1nc2ccc(Br)cc2c(=O)n1N=Cc1cc(I)c(OCc2ccccc2Cl)c(I)c1. The highest BCUT2D eigenvalue weighted by Crippen LogP contribution is 2.30. The van der Waals surface area contributed by atoms with E-state index >= 15 is 0 Å². The van der Waals surface area contributed by atoms with Crippen molar-refractivity contribution in [2.45, 2.75) is 13.5 Å². The van der Waals surface area contributed by atoms with Crippen LogP contribution < -0.4 is 10.3 Å². The molecule has 32 heavy (non-hydrogen) atoms. The summed E-state index contributed by atoms with van der Waals surface area (Å²) < 4.78 is 10.0. The van der Waals surface area contributed by atoms with Crippen molar-refractivity contribution < 1.29 is 4.74 Å². The third-order valence-corrected chi connectivity index (χ3v) is 7.11. The maximum absolute atomic E-state index is 12.9. The summed E-state index contributed by atoms with van der Waals surface area (Å²) in [6, 6.07) is 17.0.